The van der Waals surface area contributed by atoms with Crippen LogP contribution in [0.3, 0.4) is 0 Å². The molecule has 0 aromatic heterocycles. The fraction of sp³-hybridized carbons (Fsp3) is 0.562. The summed E-state index contributed by atoms with van der Waals surface area (Å²) in [6.45, 7) is 8.39. The van der Waals surface area contributed by atoms with Crippen LogP contribution in [-0.2, 0) is 4.79 Å². The van der Waals surface area contributed by atoms with Gasteiger partial charge in [-0.1, -0.05) is 51.1 Å². The molecule has 0 saturated carbocycles. The summed E-state index contributed by atoms with van der Waals surface area (Å²) in [5.41, 5.74) is 7.23. The highest BCUT2D eigenvalue weighted by Crippen LogP contribution is 2.34. The number of carbonyl (C=O) groups is 1. The molecule has 1 aliphatic rings. The highest BCUT2D eigenvalue weighted by Gasteiger charge is 2.35. The lowest BCUT2D eigenvalue weighted by molar-refractivity contribution is -0.131. The highest BCUT2D eigenvalue weighted by atomic mass is 16.2. The van der Waals surface area contributed by atoms with Gasteiger partial charge in [0.15, 0.2) is 0 Å². The molecule has 19 heavy (non-hydrogen) atoms. The van der Waals surface area contributed by atoms with Crippen LogP contribution >= 0.6 is 0 Å². The molecule has 2 atom stereocenters. The van der Waals surface area contributed by atoms with E-state index in [0.717, 1.165) is 25.1 Å². The van der Waals surface area contributed by atoms with Crippen molar-refractivity contribution in [2.45, 2.75) is 33.2 Å². The minimum atomic E-state index is -0.528. The summed E-state index contributed by atoms with van der Waals surface area (Å²) in [5, 5.41) is 0. The molecule has 1 aromatic rings. The number of hydrogen-bond acceptors (Lipinski definition) is 2. The first-order valence-corrected chi connectivity index (χ1v) is 6.99. The van der Waals surface area contributed by atoms with Crippen LogP contribution < -0.4 is 5.73 Å². The molecule has 1 fully saturated rings. The molecular formula is C16H24N2O. The first-order valence-electron chi connectivity index (χ1n) is 6.99. The average Bonchev–Trinajstić information content (AvgIpc) is 2.87. The van der Waals surface area contributed by atoms with Crippen molar-refractivity contribution in [3.05, 3.63) is 35.9 Å². The second-order valence-electron chi connectivity index (χ2n) is 6.52. The van der Waals surface area contributed by atoms with E-state index in [4.69, 9.17) is 5.73 Å². The molecule has 2 rings (SSSR count). The molecule has 1 aliphatic heterocycles. The minimum Gasteiger partial charge on any atom is -0.341 e. The van der Waals surface area contributed by atoms with Crippen LogP contribution in [0, 0.1) is 11.3 Å². The summed E-state index contributed by atoms with van der Waals surface area (Å²) in [4.78, 5) is 14.3. The maximum atomic E-state index is 12.4. The van der Waals surface area contributed by atoms with Gasteiger partial charge in [-0.05, 0) is 23.3 Å². The highest BCUT2D eigenvalue weighted by molar-refractivity contribution is 5.83. The van der Waals surface area contributed by atoms with Gasteiger partial charge in [0.05, 0.1) is 0 Å². The van der Waals surface area contributed by atoms with Crippen LogP contribution in [-0.4, -0.2) is 23.9 Å². The second kappa shape index (κ2) is 5.33. The van der Waals surface area contributed by atoms with E-state index in [-0.39, 0.29) is 11.3 Å². The lowest BCUT2D eigenvalue weighted by atomic mass is 9.80. The number of likely N-dealkylation sites (tertiary alicyclic amines) is 1. The molecule has 0 spiro atoms. The van der Waals surface area contributed by atoms with Gasteiger partial charge in [0.1, 0.15) is 6.04 Å². The number of benzene rings is 1. The fourth-order valence-electron chi connectivity index (χ4n) is 2.67. The maximum absolute atomic E-state index is 12.4. The first kappa shape index (κ1) is 14.1. The Kier molecular flexibility index (Phi) is 3.95. The van der Waals surface area contributed by atoms with Crippen LogP contribution in [0.25, 0.3) is 0 Å². The molecule has 0 aliphatic carbocycles. The molecule has 0 bridgehead atoms. The smallest absolute Gasteiger partial charge is 0.244 e. The lowest BCUT2D eigenvalue weighted by Gasteiger charge is -2.27. The number of nitrogens with two attached hydrogens (primary N) is 1. The van der Waals surface area contributed by atoms with E-state index >= 15 is 0 Å². The molecule has 1 unspecified atom stereocenters. The zero-order chi connectivity index (χ0) is 14.0. The Hall–Kier alpha value is -1.35. The average molecular weight is 260 g/mol. The minimum absolute atomic E-state index is 0.0537. The monoisotopic (exact) mass is 260 g/mol. The van der Waals surface area contributed by atoms with Crippen molar-refractivity contribution >= 4 is 5.91 Å². The summed E-state index contributed by atoms with van der Waals surface area (Å²) in [5.74, 6) is 0.623. The number of nitrogens with zero attached hydrogens (tertiary/aromatic N) is 1. The van der Waals surface area contributed by atoms with Crippen molar-refractivity contribution in [1.82, 2.24) is 4.90 Å². The Labute approximate surface area is 115 Å². The van der Waals surface area contributed by atoms with E-state index in [1.165, 1.54) is 0 Å². The number of amides is 1. The van der Waals surface area contributed by atoms with Crippen LogP contribution in [0.4, 0.5) is 0 Å². The molecule has 3 nitrogen and oxygen atoms in total. The summed E-state index contributed by atoms with van der Waals surface area (Å²) < 4.78 is 0. The molecule has 1 heterocycles. The lowest BCUT2D eigenvalue weighted by Crippen LogP contribution is -2.38. The molecule has 1 saturated heterocycles. The van der Waals surface area contributed by atoms with Crippen LogP contribution in [0.5, 0.6) is 0 Å². The van der Waals surface area contributed by atoms with E-state index in [2.05, 4.69) is 20.8 Å². The number of rotatable bonds is 2. The van der Waals surface area contributed by atoms with Gasteiger partial charge < -0.3 is 10.6 Å². The van der Waals surface area contributed by atoms with E-state index in [1.807, 2.05) is 35.2 Å². The van der Waals surface area contributed by atoms with Crippen molar-refractivity contribution in [2.24, 2.45) is 17.1 Å². The van der Waals surface area contributed by atoms with E-state index < -0.39 is 6.04 Å². The largest absolute Gasteiger partial charge is 0.341 e. The van der Waals surface area contributed by atoms with Gasteiger partial charge in [0.25, 0.3) is 0 Å². The van der Waals surface area contributed by atoms with E-state index in [9.17, 15) is 4.79 Å². The first-order chi connectivity index (χ1) is 8.89. The Morgan fingerprint density at radius 1 is 1.32 bits per heavy atom. The quantitative estimate of drug-likeness (QED) is 0.888. The van der Waals surface area contributed by atoms with Crippen molar-refractivity contribution in [2.75, 3.05) is 13.1 Å². The summed E-state index contributed by atoms with van der Waals surface area (Å²) >= 11 is 0. The van der Waals surface area contributed by atoms with Gasteiger partial charge in [-0.15, -0.1) is 0 Å². The molecule has 0 radical (unpaired) electrons. The van der Waals surface area contributed by atoms with Gasteiger partial charge in [-0.3, -0.25) is 4.79 Å². The molecule has 1 aromatic carbocycles. The van der Waals surface area contributed by atoms with Crippen molar-refractivity contribution < 1.29 is 4.79 Å². The maximum Gasteiger partial charge on any atom is 0.244 e. The van der Waals surface area contributed by atoms with Crippen molar-refractivity contribution in [1.29, 1.82) is 0 Å². The Morgan fingerprint density at radius 3 is 2.47 bits per heavy atom. The molecule has 3 heteroatoms. The normalized spacial score (nSPS) is 21.5. The predicted molar refractivity (Wildman–Crippen MR) is 77.5 cm³/mol. The van der Waals surface area contributed by atoms with Gasteiger partial charge in [0.2, 0.25) is 5.91 Å². The van der Waals surface area contributed by atoms with Crippen LogP contribution in [0.1, 0.15) is 38.8 Å². The third-order valence-electron chi connectivity index (χ3n) is 4.15. The summed E-state index contributed by atoms with van der Waals surface area (Å²) in [6.07, 6.45) is 1.08. The predicted octanol–water partition coefficient (Wildman–Crippen LogP) is 2.58. The zero-order valence-corrected chi connectivity index (χ0v) is 12.1. The third kappa shape index (κ3) is 3.16. The SMILES string of the molecule is CC(C)(C)C1CCN(C(=O)[C@H](N)c2ccccc2)C1. The fourth-order valence-corrected chi connectivity index (χ4v) is 2.67. The number of hydrogen-bond donors (Lipinski definition) is 1. The third-order valence-corrected chi connectivity index (χ3v) is 4.15. The van der Waals surface area contributed by atoms with Gasteiger partial charge in [-0.25, -0.2) is 0 Å². The van der Waals surface area contributed by atoms with Gasteiger partial charge in [0, 0.05) is 13.1 Å². The summed E-state index contributed by atoms with van der Waals surface area (Å²) in [7, 11) is 0. The molecule has 2 N–H and O–H groups in total. The molecule has 1 amide bonds. The van der Waals surface area contributed by atoms with Gasteiger partial charge in [-0.2, -0.15) is 0 Å². The van der Waals surface area contributed by atoms with Gasteiger partial charge >= 0.3 is 0 Å². The Bertz CT molecular complexity index is 436. The Morgan fingerprint density at radius 2 is 1.95 bits per heavy atom. The summed E-state index contributed by atoms with van der Waals surface area (Å²) in [6, 6.07) is 9.08. The second-order valence-corrected chi connectivity index (χ2v) is 6.52. The van der Waals surface area contributed by atoms with Crippen LogP contribution in [0.15, 0.2) is 30.3 Å². The molecule has 104 valence electrons. The van der Waals surface area contributed by atoms with Crippen molar-refractivity contribution in [3.63, 3.8) is 0 Å². The molecular weight excluding hydrogens is 236 g/mol. The Balaban J connectivity index is 2.02. The van der Waals surface area contributed by atoms with Crippen molar-refractivity contribution in [3.8, 4) is 0 Å². The zero-order valence-electron chi connectivity index (χ0n) is 12.1. The van der Waals surface area contributed by atoms with E-state index in [1.54, 1.807) is 0 Å². The topological polar surface area (TPSA) is 46.3 Å². The van der Waals surface area contributed by atoms with E-state index in [0.29, 0.717) is 5.92 Å². The number of carbonyl (C=O) groups excluding carboxylic acids is 1. The standard InChI is InChI=1S/C16H24N2O/c1-16(2,3)13-9-10-18(11-13)15(19)14(17)12-7-5-4-6-8-12/h4-8,13-14H,9-11,17H2,1-3H3/t13?,14-/m1/s1. The van der Waals surface area contributed by atoms with Crippen LogP contribution in [0.2, 0.25) is 0 Å².